The first-order valence-corrected chi connectivity index (χ1v) is 34.3. The van der Waals surface area contributed by atoms with Crippen molar-refractivity contribution in [2.45, 2.75) is 0 Å². The van der Waals surface area contributed by atoms with E-state index in [1.807, 2.05) is 109 Å². The first-order chi connectivity index (χ1) is 50.7. The van der Waals surface area contributed by atoms with Crippen LogP contribution in [0.2, 0.25) is 0 Å². The summed E-state index contributed by atoms with van der Waals surface area (Å²) in [6.45, 7) is 0. The van der Waals surface area contributed by atoms with Gasteiger partial charge in [-0.3, -0.25) is 10.8 Å². The first-order valence-electron chi connectivity index (χ1n) is 34.3. The van der Waals surface area contributed by atoms with Crippen molar-refractivity contribution in [3.8, 4) is 94.7 Å². The molecule has 0 saturated carbocycles. The lowest BCUT2D eigenvalue weighted by molar-refractivity contribution is 0.669. The highest BCUT2D eigenvalue weighted by Gasteiger charge is 2.22. The molecule has 3 heterocycles. The molecule has 486 valence electrons. The number of nitrogens with zero attached hydrogens (tertiary/aromatic N) is 3. The summed E-state index contributed by atoms with van der Waals surface area (Å²) in [6.07, 6.45) is 0. The Bertz CT molecular complexity index is 6120. The van der Waals surface area contributed by atoms with Crippen LogP contribution in [0.1, 0.15) is 22.3 Å². The number of benzene rings is 15. The van der Waals surface area contributed by atoms with Gasteiger partial charge in [0.2, 0.25) is 0 Å². The molecule has 6 N–H and O–H groups in total. The van der Waals surface area contributed by atoms with Crippen LogP contribution >= 0.6 is 0 Å². The molecular formula is C94H63N7O2. The summed E-state index contributed by atoms with van der Waals surface area (Å²) in [5.41, 5.74) is 39.2. The lowest BCUT2D eigenvalue weighted by Gasteiger charge is -2.13. The molecule has 0 atom stereocenters. The molecule has 0 radical (unpaired) electrons. The van der Waals surface area contributed by atoms with E-state index in [-0.39, 0.29) is 23.3 Å². The van der Waals surface area contributed by atoms with Gasteiger partial charge in [0.15, 0.2) is 11.7 Å². The van der Waals surface area contributed by atoms with Crippen LogP contribution in [0.25, 0.3) is 160 Å². The zero-order chi connectivity index (χ0) is 69.1. The van der Waals surface area contributed by atoms with Crippen LogP contribution in [0.5, 0.6) is 0 Å². The first kappa shape index (κ1) is 61.3. The number of aromatic nitrogens is 1. The summed E-state index contributed by atoms with van der Waals surface area (Å²) in [4.78, 5) is 8.95. The molecule has 9 nitrogen and oxygen atoms in total. The van der Waals surface area contributed by atoms with Crippen molar-refractivity contribution in [1.82, 2.24) is 4.57 Å². The number of fused-ring (bicyclic) bond motifs is 9. The number of para-hydroxylation sites is 3. The standard InChI is InChI=1S/C94H63N7O2/c95-91(58-20-4-1-5-21-58)99-93(97)72-34-18-30-66(50-72)62-26-14-24-60(46-62)64-28-16-32-70(48-64)81-52-74(54-83-79-38-10-12-40-87(79)102-89(81)83)68-42-44-77-78-45-43-69(57-86(78)101(85(77)56-68)76-36-8-3-9-37-76)75-53-82(90-84(55-75)80-39-11-13-41-88(80)103-90)71-33-17-29-65(49-71)61-25-15-27-63(47-61)67-31-19-35-73(51-67)94(98)100-92(96)59-22-6-2-7-23-59/h1-57H,(H3,95,97,99)(H3,96,98,100). The Morgan fingerprint density at radius 2 is 0.573 bits per heavy atom. The van der Waals surface area contributed by atoms with E-state index in [9.17, 15) is 0 Å². The van der Waals surface area contributed by atoms with Gasteiger partial charge < -0.3 is 24.9 Å². The van der Waals surface area contributed by atoms with Crippen LogP contribution < -0.4 is 11.5 Å². The van der Waals surface area contributed by atoms with Crippen molar-refractivity contribution in [3.63, 3.8) is 0 Å². The van der Waals surface area contributed by atoms with Crippen molar-refractivity contribution in [3.05, 3.63) is 368 Å². The largest absolute Gasteiger partial charge is 0.455 e. The maximum Gasteiger partial charge on any atom is 0.154 e. The topological polar surface area (TPSA) is 156 Å². The molecule has 15 aromatic carbocycles. The van der Waals surface area contributed by atoms with Crippen molar-refractivity contribution in [1.29, 1.82) is 10.8 Å². The molecule has 0 fully saturated rings. The summed E-state index contributed by atoms with van der Waals surface area (Å²) in [7, 11) is 0. The summed E-state index contributed by atoms with van der Waals surface area (Å²) < 4.78 is 16.1. The molecular weight excluding hydrogens is 1260 g/mol. The van der Waals surface area contributed by atoms with Crippen LogP contribution in [-0.2, 0) is 0 Å². The van der Waals surface area contributed by atoms with E-state index >= 15 is 0 Å². The maximum absolute atomic E-state index is 8.60. The summed E-state index contributed by atoms with van der Waals surface area (Å²) in [5, 5.41) is 23.7. The van der Waals surface area contributed by atoms with Gasteiger partial charge in [-0.2, -0.15) is 0 Å². The fraction of sp³-hybridized carbons (Fsp3) is 0. The second-order valence-corrected chi connectivity index (χ2v) is 26.0. The quantitative estimate of drug-likeness (QED) is 0.0670. The third-order valence-electron chi connectivity index (χ3n) is 19.7. The number of nitrogens with two attached hydrogens (primary N) is 2. The van der Waals surface area contributed by atoms with Gasteiger partial charge in [0.1, 0.15) is 34.0 Å². The van der Waals surface area contributed by atoms with Crippen LogP contribution in [0.3, 0.4) is 0 Å². The predicted octanol–water partition coefficient (Wildman–Crippen LogP) is 23.4. The highest BCUT2D eigenvalue weighted by molar-refractivity contribution is 6.16. The van der Waals surface area contributed by atoms with Gasteiger partial charge in [-0.1, -0.05) is 249 Å². The highest BCUT2D eigenvalue weighted by atomic mass is 16.3. The van der Waals surface area contributed by atoms with Gasteiger partial charge in [-0.15, -0.1) is 0 Å². The number of rotatable bonds is 13. The normalized spacial score (nSPS) is 12.0. The Morgan fingerprint density at radius 1 is 0.252 bits per heavy atom. The molecule has 3 aromatic heterocycles. The third kappa shape index (κ3) is 11.5. The van der Waals surface area contributed by atoms with Crippen LogP contribution in [-0.4, -0.2) is 27.9 Å². The van der Waals surface area contributed by atoms with Gasteiger partial charge in [0.25, 0.3) is 0 Å². The molecule has 0 aliphatic rings. The lowest BCUT2D eigenvalue weighted by atomic mass is 9.92. The molecule has 0 saturated heterocycles. The average molecular weight is 1320 g/mol. The molecule has 0 amide bonds. The van der Waals surface area contributed by atoms with E-state index in [0.717, 1.165) is 172 Å². The van der Waals surface area contributed by atoms with Crippen molar-refractivity contribution < 1.29 is 8.83 Å². The number of furan rings is 2. The van der Waals surface area contributed by atoms with E-state index in [1.54, 1.807) is 0 Å². The Hall–Kier alpha value is -14.0. The van der Waals surface area contributed by atoms with Gasteiger partial charge >= 0.3 is 0 Å². The Morgan fingerprint density at radius 3 is 0.981 bits per heavy atom. The van der Waals surface area contributed by atoms with Crippen LogP contribution in [0.4, 0.5) is 0 Å². The third-order valence-corrected chi connectivity index (χ3v) is 19.7. The molecule has 0 aliphatic heterocycles. The van der Waals surface area contributed by atoms with E-state index < -0.39 is 0 Å². The van der Waals surface area contributed by atoms with Gasteiger partial charge in [0.05, 0.1) is 11.0 Å². The molecule has 18 aromatic rings. The van der Waals surface area contributed by atoms with E-state index in [4.69, 9.17) is 31.1 Å². The zero-order valence-corrected chi connectivity index (χ0v) is 55.7. The van der Waals surface area contributed by atoms with Crippen molar-refractivity contribution >= 4 is 89.0 Å². The molecule has 0 unspecified atom stereocenters. The molecule has 0 spiro atoms. The Kier molecular flexibility index (Phi) is 15.3. The highest BCUT2D eigenvalue weighted by Crippen LogP contribution is 2.46. The van der Waals surface area contributed by atoms with E-state index in [0.29, 0.717) is 11.1 Å². The fourth-order valence-electron chi connectivity index (χ4n) is 14.5. The second-order valence-electron chi connectivity index (χ2n) is 26.0. The second kappa shape index (κ2) is 25.7. The minimum Gasteiger partial charge on any atom is -0.455 e. The van der Waals surface area contributed by atoms with Gasteiger partial charge in [0, 0.05) is 71.4 Å². The number of hydrogen-bond acceptors (Lipinski definition) is 4. The summed E-state index contributed by atoms with van der Waals surface area (Å²) in [6, 6.07) is 120. The minimum absolute atomic E-state index is 0.113. The fourth-order valence-corrected chi connectivity index (χ4v) is 14.5. The molecule has 0 aliphatic carbocycles. The lowest BCUT2D eigenvalue weighted by Crippen LogP contribution is -2.16. The van der Waals surface area contributed by atoms with Gasteiger partial charge in [-0.25, -0.2) is 9.98 Å². The number of amidine groups is 4. The van der Waals surface area contributed by atoms with Crippen molar-refractivity contribution in [2.24, 2.45) is 21.5 Å². The summed E-state index contributed by atoms with van der Waals surface area (Å²) in [5.74, 6) is 0.798. The van der Waals surface area contributed by atoms with Crippen LogP contribution in [0, 0.1) is 10.8 Å². The molecule has 18 rings (SSSR count). The smallest absolute Gasteiger partial charge is 0.154 e. The number of nitrogens with one attached hydrogen (secondary N) is 2. The number of hydrogen-bond donors (Lipinski definition) is 4. The van der Waals surface area contributed by atoms with Gasteiger partial charge in [-0.05, 0) is 175 Å². The zero-order valence-electron chi connectivity index (χ0n) is 55.7. The van der Waals surface area contributed by atoms with E-state index in [1.165, 1.54) is 0 Å². The summed E-state index contributed by atoms with van der Waals surface area (Å²) >= 11 is 0. The van der Waals surface area contributed by atoms with E-state index in [2.05, 4.69) is 251 Å². The molecule has 103 heavy (non-hydrogen) atoms. The molecule has 0 bridgehead atoms. The van der Waals surface area contributed by atoms with Crippen molar-refractivity contribution in [2.75, 3.05) is 0 Å². The maximum atomic E-state index is 8.60. The SMILES string of the molecule is N=C(/N=C(\N)c1cccc(-c2cccc(-c3cccc(-c4cc(-c5ccc6c7ccc(-c8cc(-c9cccc(-c%10cccc(-c%11cccc(/C(N)=N/C(=N)c%12ccccc%12)c%11)c%10)c9)c9oc%10ccccc%10c9c8)cc7n(-c7ccccc7)c6c5)cc5c4oc4ccccc45)c3)c2)c1)c1ccccc1. The monoisotopic (exact) mass is 1320 g/mol. The molecule has 9 heteroatoms. The minimum atomic E-state index is 0.113. The van der Waals surface area contributed by atoms with Crippen LogP contribution in [0.15, 0.2) is 365 Å². The predicted molar refractivity (Wildman–Crippen MR) is 427 cm³/mol. The Balaban J connectivity index is 0.711. The Labute approximate surface area is 593 Å². The number of aliphatic imine (C=N–C) groups is 2. The average Bonchev–Trinajstić information content (AvgIpc) is 1.59.